The Balaban J connectivity index is 1.78. The molecule has 1 atom stereocenters. The van der Waals surface area contributed by atoms with Crippen molar-refractivity contribution in [3.63, 3.8) is 0 Å². The molecule has 3 rings (SSSR count). The first-order valence-electron chi connectivity index (χ1n) is 8.58. The molecule has 0 saturated carbocycles. The van der Waals surface area contributed by atoms with Gasteiger partial charge in [-0.15, -0.1) is 6.58 Å². The molecule has 1 amide bonds. The highest BCUT2D eigenvalue weighted by Gasteiger charge is 2.30. The molecular formula is C19H20N2O5S2. The molecule has 0 bridgehead atoms. The summed E-state index contributed by atoms with van der Waals surface area (Å²) in [6.45, 7) is 3.56. The Morgan fingerprint density at radius 1 is 1.14 bits per heavy atom. The van der Waals surface area contributed by atoms with E-state index < -0.39 is 31.8 Å². The zero-order valence-electron chi connectivity index (χ0n) is 15.0. The van der Waals surface area contributed by atoms with Crippen molar-refractivity contribution in [3.05, 3.63) is 72.3 Å². The molecule has 7 nitrogen and oxygen atoms in total. The van der Waals surface area contributed by atoms with E-state index in [-0.39, 0.29) is 34.1 Å². The summed E-state index contributed by atoms with van der Waals surface area (Å²) in [6.07, 6.45) is 1.71. The first-order valence-corrected chi connectivity index (χ1v) is 11.7. The molecule has 2 aromatic rings. The van der Waals surface area contributed by atoms with E-state index in [1.165, 1.54) is 30.3 Å². The van der Waals surface area contributed by atoms with E-state index in [1.807, 2.05) is 0 Å². The number of rotatable bonds is 6. The maximum Gasteiger partial charge on any atom is 0.251 e. The molecule has 0 saturated heterocycles. The van der Waals surface area contributed by atoms with Crippen molar-refractivity contribution in [1.29, 1.82) is 0 Å². The molecule has 0 aliphatic carbocycles. The molecule has 1 aliphatic heterocycles. The zero-order chi connectivity index (χ0) is 20.4. The van der Waals surface area contributed by atoms with Crippen LogP contribution in [0.3, 0.4) is 0 Å². The summed E-state index contributed by atoms with van der Waals surface area (Å²) in [4.78, 5) is 12.9. The van der Waals surface area contributed by atoms with E-state index in [0.29, 0.717) is 5.56 Å². The highest BCUT2D eigenvalue weighted by molar-refractivity contribution is 7.91. The van der Waals surface area contributed by atoms with Gasteiger partial charge in [-0.2, -0.15) is 0 Å². The van der Waals surface area contributed by atoms with Gasteiger partial charge in [0.2, 0.25) is 10.0 Å². The molecule has 1 unspecified atom stereocenters. The molecule has 1 aliphatic rings. The lowest BCUT2D eigenvalue weighted by Crippen LogP contribution is -2.33. The van der Waals surface area contributed by atoms with Gasteiger partial charge in [-0.05, 0) is 42.3 Å². The molecule has 1 heterocycles. The second kappa shape index (κ2) is 7.86. The number of carbonyl (C=O) groups excluding carboxylic acids is 1. The number of sulfone groups is 1. The molecular weight excluding hydrogens is 400 g/mol. The molecule has 0 fully saturated rings. The average molecular weight is 421 g/mol. The van der Waals surface area contributed by atoms with E-state index >= 15 is 0 Å². The van der Waals surface area contributed by atoms with Gasteiger partial charge in [-0.1, -0.05) is 24.3 Å². The van der Waals surface area contributed by atoms with Crippen molar-refractivity contribution in [3.8, 4) is 0 Å². The Labute approximate surface area is 164 Å². The van der Waals surface area contributed by atoms with Crippen LogP contribution < -0.4 is 10.0 Å². The van der Waals surface area contributed by atoms with Gasteiger partial charge in [0.15, 0.2) is 9.84 Å². The van der Waals surface area contributed by atoms with Crippen LogP contribution in [0, 0.1) is 0 Å². The fourth-order valence-electron chi connectivity index (χ4n) is 3.02. The normalized spacial score (nSPS) is 18.1. The molecule has 0 spiro atoms. The summed E-state index contributed by atoms with van der Waals surface area (Å²) in [5.41, 5.74) is 0.850. The Bertz CT molecular complexity index is 1110. The predicted octanol–water partition coefficient (Wildman–Crippen LogP) is 1.80. The lowest BCUT2D eigenvalue weighted by atomic mass is 10.0. The van der Waals surface area contributed by atoms with Crippen molar-refractivity contribution < 1.29 is 21.6 Å². The van der Waals surface area contributed by atoms with Crippen LogP contribution in [0.1, 0.15) is 28.4 Å². The maximum atomic E-state index is 12.6. The van der Waals surface area contributed by atoms with Gasteiger partial charge in [0.25, 0.3) is 5.91 Å². The predicted molar refractivity (Wildman–Crippen MR) is 105 cm³/mol. The van der Waals surface area contributed by atoms with E-state index in [9.17, 15) is 21.6 Å². The minimum atomic E-state index is -3.66. The minimum Gasteiger partial charge on any atom is -0.345 e. The summed E-state index contributed by atoms with van der Waals surface area (Å²) < 4.78 is 50.9. The van der Waals surface area contributed by atoms with E-state index in [2.05, 4.69) is 16.6 Å². The highest BCUT2D eigenvalue weighted by atomic mass is 32.2. The third-order valence-corrected chi connectivity index (χ3v) is 7.71. The number of nitrogens with one attached hydrogen (secondary N) is 2. The SMILES string of the molecule is C=CCNS(=O)(=O)c1ccc(C(=O)NC2CCS(=O)(=O)c3ccccc32)cc1. The summed E-state index contributed by atoms with van der Waals surface area (Å²) in [6, 6.07) is 11.7. The lowest BCUT2D eigenvalue weighted by Gasteiger charge is -2.26. The second-order valence-electron chi connectivity index (χ2n) is 6.34. The van der Waals surface area contributed by atoms with Crippen LogP contribution in [0.5, 0.6) is 0 Å². The topological polar surface area (TPSA) is 109 Å². The summed E-state index contributed by atoms with van der Waals surface area (Å²) in [5.74, 6) is -0.441. The maximum absolute atomic E-state index is 12.6. The van der Waals surface area contributed by atoms with Crippen LogP contribution >= 0.6 is 0 Å². The Hall–Kier alpha value is -2.49. The zero-order valence-corrected chi connectivity index (χ0v) is 16.6. The Morgan fingerprint density at radius 3 is 2.50 bits per heavy atom. The van der Waals surface area contributed by atoms with E-state index in [4.69, 9.17) is 0 Å². The summed E-state index contributed by atoms with van der Waals surface area (Å²) >= 11 is 0. The van der Waals surface area contributed by atoms with Crippen LogP contribution in [-0.2, 0) is 19.9 Å². The Kier molecular flexibility index (Phi) is 5.69. The number of amides is 1. The van der Waals surface area contributed by atoms with Crippen LogP contribution in [0.15, 0.2) is 71.0 Å². The van der Waals surface area contributed by atoms with Crippen LogP contribution in [-0.4, -0.2) is 35.0 Å². The van der Waals surface area contributed by atoms with Crippen molar-refractivity contribution in [2.24, 2.45) is 0 Å². The van der Waals surface area contributed by atoms with Gasteiger partial charge in [-0.25, -0.2) is 21.6 Å². The number of hydrogen-bond acceptors (Lipinski definition) is 5. The minimum absolute atomic E-state index is 0.0406. The first-order chi connectivity index (χ1) is 13.2. The first kappa shape index (κ1) is 20.2. The molecule has 2 aromatic carbocycles. The molecule has 0 radical (unpaired) electrons. The summed E-state index contributed by atoms with van der Waals surface area (Å²) in [7, 11) is -7.00. The van der Waals surface area contributed by atoms with Crippen LogP contribution in [0.25, 0.3) is 0 Å². The van der Waals surface area contributed by atoms with Gasteiger partial charge in [0.05, 0.1) is 21.6 Å². The Morgan fingerprint density at radius 2 is 1.82 bits per heavy atom. The smallest absolute Gasteiger partial charge is 0.251 e. The third kappa shape index (κ3) is 4.16. The quantitative estimate of drug-likeness (QED) is 0.693. The number of benzene rings is 2. The number of fused-ring (bicyclic) bond motifs is 1. The van der Waals surface area contributed by atoms with Gasteiger partial charge >= 0.3 is 0 Å². The second-order valence-corrected chi connectivity index (χ2v) is 10.2. The van der Waals surface area contributed by atoms with Gasteiger partial charge in [0, 0.05) is 12.1 Å². The number of sulfonamides is 1. The number of hydrogen-bond donors (Lipinski definition) is 2. The molecule has 9 heteroatoms. The largest absolute Gasteiger partial charge is 0.345 e. The highest BCUT2D eigenvalue weighted by Crippen LogP contribution is 2.32. The van der Waals surface area contributed by atoms with E-state index in [1.54, 1.807) is 24.3 Å². The fourth-order valence-corrected chi connectivity index (χ4v) is 5.64. The standard InChI is InChI=1S/C19H20N2O5S2/c1-2-12-20-28(25,26)15-9-7-14(8-10-15)19(22)21-17-11-13-27(23,24)18-6-4-3-5-16(17)18/h2-10,17,20H,1,11-13H2,(H,21,22). The van der Waals surface area contributed by atoms with Gasteiger partial charge in [0.1, 0.15) is 0 Å². The van der Waals surface area contributed by atoms with Crippen molar-refractivity contribution in [1.82, 2.24) is 10.0 Å². The molecule has 0 aromatic heterocycles. The molecule has 2 N–H and O–H groups in total. The van der Waals surface area contributed by atoms with Crippen molar-refractivity contribution in [2.75, 3.05) is 12.3 Å². The monoisotopic (exact) mass is 420 g/mol. The number of carbonyl (C=O) groups is 1. The third-order valence-electron chi connectivity index (χ3n) is 4.45. The van der Waals surface area contributed by atoms with Gasteiger partial charge in [-0.3, -0.25) is 4.79 Å². The van der Waals surface area contributed by atoms with Crippen LogP contribution in [0.2, 0.25) is 0 Å². The average Bonchev–Trinajstić information content (AvgIpc) is 2.69. The van der Waals surface area contributed by atoms with Crippen molar-refractivity contribution in [2.45, 2.75) is 22.3 Å². The van der Waals surface area contributed by atoms with Gasteiger partial charge < -0.3 is 5.32 Å². The molecule has 28 heavy (non-hydrogen) atoms. The fraction of sp³-hybridized carbons (Fsp3) is 0.211. The van der Waals surface area contributed by atoms with Crippen molar-refractivity contribution >= 4 is 25.8 Å². The lowest BCUT2D eigenvalue weighted by molar-refractivity contribution is 0.0934. The molecule has 148 valence electrons. The van der Waals surface area contributed by atoms with Crippen LogP contribution in [0.4, 0.5) is 0 Å². The van der Waals surface area contributed by atoms with E-state index in [0.717, 1.165) is 0 Å². The summed E-state index contributed by atoms with van der Waals surface area (Å²) in [5, 5.41) is 2.84.